The van der Waals surface area contributed by atoms with E-state index in [2.05, 4.69) is 39.7 Å². The van der Waals surface area contributed by atoms with Crippen LogP contribution in [0.1, 0.15) is 23.7 Å². The van der Waals surface area contributed by atoms with Crippen LogP contribution in [0, 0.1) is 6.92 Å². The molecule has 2 N–H and O–H groups in total. The quantitative estimate of drug-likeness (QED) is 0.693. The first-order valence-electron chi connectivity index (χ1n) is 8.15. The van der Waals surface area contributed by atoms with Crippen LogP contribution in [0.2, 0.25) is 0 Å². The van der Waals surface area contributed by atoms with E-state index in [4.69, 9.17) is 0 Å². The SMILES string of the molecule is CCc1ccc(Nc2nc(CC(=O)Nc3cc(C)ccn3)cs2)cc1. The number of aromatic nitrogens is 2. The summed E-state index contributed by atoms with van der Waals surface area (Å²) in [5.41, 5.74) is 4.08. The number of carbonyl (C=O) groups is 1. The number of thiazole rings is 1. The third-order valence-corrected chi connectivity index (χ3v) is 4.50. The van der Waals surface area contributed by atoms with E-state index in [1.165, 1.54) is 16.9 Å². The molecule has 5 nitrogen and oxygen atoms in total. The summed E-state index contributed by atoms with van der Waals surface area (Å²) in [5.74, 6) is 0.442. The van der Waals surface area contributed by atoms with Crippen LogP contribution in [0.3, 0.4) is 0 Å². The number of anilines is 3. The van der Waals surface area contributed by atoms with Gasteiger partial charge in [-0.15, -0.1) is 11.3 Å². The Labute approximate surface area is 151 Å². The molecule has 0 aliphatic rings. The third kappa shape index (κ3) is 4.87. The maximum Gasteiger partial charge on any atom is 0.231 e. The van der Waals surface area contributed by atoms with E-state index in [-0.39, 0.29) is 12.3 Å². The van der Waals surface area contributed by atoms with Gasteiger partial charge >= 0.3 is 0 Å². The standard InChI is InChI=1S/C19H20N4OS/c1-3-14-4-6-15(7-5-14)21-19-22-16(12-25-19)11-18(24)23-17-10-13(2)8-9-20-17/h4-10,12H,3,11H2,1-2H3,(H,21,22)(H,20,23,24). The smallest absolute Gasteiger partial charge is 0.231 e. The number of pyridine rings is 1. The summed E-state index contributed by atoms with van der Waals surface area (Å²) in [6.07, 6.45) is 2.93. The van der Waals surface area contributed by atoms with Gasteiger partial charge < -0.3 is 10.6 Å². The molecule has 128 valence electrons. The second-order valence-corrected chi connectivity index (χ2v) is 6.62. The van der Waals surface area contributed by atoms with Gasteiger partial charge in [-0.05, 0) is 48.7 Å². The van der Waals surface area contributed by atoms with Gasteiger partial charge in [-0.2, -0.15) is 0 Å². The number of nitrogens with one attached hydrogen (secondary N) is 2. The first-order valence-corrected chi connectivity index (χ1v) is 9.03. The molecule has 0 radical (unpaired) electrons. The molecule has 0 bridgehead atoms. The number of carbonyl (C=O) groups excluding carboxylic acids is 1. The van der Waals surface area contributed by atoms with Gasteiger partial charge in [0.25, 0.3) is 0 Å². The highest BCUT2D eigenvalue weighted by Gasteiger charge is 2.09. The lowest BCUT2D eigenvalue weighted by Crippen LogP contribution is -2.15. The van der Waals surface area contributed by atoms with Crippen molar-refractivity contribution in [1.29, 1.82) is 0 Å². The maximum atomic E-state index is 12.1. The van der Waals surface area contributed by atoms with E-state index in [1.54, 1.807) is 6.20 Å². The Morgan fingerprint density at radius 2 is 2.00 bits per heavy atom. The second-order valence-electron chi connectivity index (χ2n) is 5.76. The largest absolute Gasteiger partial charge is 0.332 e. The van der Waals surface area contributed by atoms with Gasteiger partial charge in [-0.3, -0.25) is 4.79 Å². The van der Waals surface area contributed by atoms with Crippen molar-refractivity contribution in [1.82, 2.24) is 9.97 Å². The molecule has 0 spiro atoms. The van der Waals surface area contributed by atoms with Crippen molar-refractivity contribution >= 4 is 33.9 Å². The summed E-state index contributed by atoms with van der Waals surface area (Å²) in [7, 11) is 0. The zero-order chi connectivity index (χ0) is 17.6. The molecule has 25 heavy (non-hydrogen) atoms. The summed E-state index contributed by atoms with van der Waals surface area (Å²) in [6.45, 7) is 4.09. The predicted octanol–water partition coefficient (Wildman–Crippen LogP) is 4.33. The Bertz CT molecular complexity index is 858. The molecule has 0 saturated heterocycles. The van der Waals surface area contributed by atoms with Crippen LogP contribution in [0.15, 0.2) is 48.0 Å². The average Bonchev–Trinajstić information content (AvgIpc) is 3.02. The average molecular weight is 352 g/mol. The predicted molar refractivity (Wildman–Crippen MR) is 103 cm³/mol. The first kappa shape index (κ1) is 17.1. The molecule has 0 fully saturated rings. The fourth-order valence-corrected chi connectivity index (χ4v) is 3.08. The Kier molecular flexibility index (Phi) is 5.40. The maximum absolute atomic E-state index is 12.1. The van der Waals surface area contributed by atoms with Gasteiger partial charge in [0.05, 0.1) is 12.1 Å². The van der Waals surface area contributed by atoms with Crippen molar-refractivity contribution in [2.24, 2.45) is 0 Å². The van der Waals surface area contributed by atoms with Crippen molar-refractivity contribution < 1.29 is 4.79 Å². The molecule has 0 aliphatic heterocycles. The van der Waals surface area contributed by atoms with Gasteiger partial charge in [0.2, 0.25) is 5.91 Å². The zero-order valence-electron chi connectivity index (χ0n) is 14.2. The lowest BCUT2D eigenvalue weighted by atomic mass is 10.1. The number of amides is 1. The van der Waals surface area contributed by atoms with Crippen molar-refractivity contribution in [3.05, 3.63) is 64.8 Å². The third-order valence-electron chi connectivity index (χ3n) is 3.69. The second kappa shape index (κ2) is 7.90. The van der Waals surface area contributed by atoms with E-state index in [0.29, 0.717) is 5.82 Å². The van der Waals surface area contributed by atoms with Crippen molar-refractivity contribution in [3.8, 4) is 0 Å². The number of hydrogen-bond acceptors (Lipinski definition) is 5. The molecule has 0 unspecified atom stereocenters. The summed E-state index contributed by atoms with van der Waals surface area (Å²) in [4.78, 5) is 20.7. The Hall–Kier alpha value is -2.73. The molecular formula is C19H20N4OS. The molecule has 0 atom stereocenters. The molecule has 0 saturated carbocycles. The summed E-state index contributed by atoms with van der Waals surface area (Å²) in [6, 6.07) is 12.0. The van der Waals surface area contributed by atoms with Gasteiger partial charge in [-0.1, -0.05) is 19.1 Å². The topological polar surface area (TPSA) is 66.9 Å². The monoisotopic (exact) mass is 352 g/mol. The number of rotatable bonds is 6. The molecule has 3 rings (SSSR count). The molecule has 6 heteroatoms. The Morgan fingerprint density at radius 1 is 1.20 bits per heavy atom. The summed E-state index contributed by atoms with van der Waals surface area (Å²) in [5, 5.41) is 8.74. The van der Waals surface area contributed by atoms with Crippen LogP contribution in [-0.2, 0) is 17.6 Å². The van der Waals surface area contributed by atoms with Gasteiger partial charge in [0.15, 0.2) is 5.13 Å². The number of benzene rings is 1. The first-order chi connectivity index (χ1) is 12.1. The van der Waals surface area contributed by atoms with Gasteiger partial charge in [-0.25, -0.2) is 9.97 Å². The summed E-state index contributed by atoms with van der Waals surface area (Å²) >= 11 is 1.49. The molecule has 1 aromatic carbocycles. The van der Waals surface area contributed by atoms with Crippen molar-refractivity contribution in [3.63, 3.8) is 0 Å². The lowest BCUT2D eigenvalue weighted by Gasteiger charge is -2.04. The van der Waals surface area contributed by atoms with E-state index < -0.39 is 0 Å². The fraction of sp³-hybridized carbons (Fsp3) is 0.211. The minimum atomic E-state index is -0.123. The van der Waals surface area contributed by atoms with Crippen LogP contribution in [0.5, 0.6) is 0 Å². The van der Waals surface area contributed by atoms with E-state index in [9.17, 15) is 4.79 Å². The highest BCUT2D eigenvalue weighted by molar-refractivity contribution is 7.13. The highest BCUT2D eigenvalue weighted by Crippen LogP contribution is 2.22. The van der Waals surface area contributed by atoms with Crippen LogP contribution >= 0.6 is 11.3 Å². The molecule has 3 aromatic rings. The Balaban J connectivity index is 1.58. The fourth-order valence-electron chi connectivity index (χ4n) is 2.35. The summed E-state index contributed by atoms with van der Waals surface area (Å²) < 4.78 is 0. The molecular weight excluding hydrogens is 332 g/mol. The molecule has 2 aromatic heterocycles. The van der Waals surface area contributed by atoms with Crippen LogP contribution in [0.25, 0.3) is 0 Å². The molecule has 1 amide bonds. The number of nitrogens with zero attached hydrogens (tertiary/aromatic N) is 2. The normalized spacial score (nSPS) is 10.5. The van der Waals surface area contributed by atoms with E-state index in [0.717, 1.165) is 28.5 Å². The van der Waals surface area contributed by atoms with Crippen molar-refractivity contribution in [2.45, 2.75) is 26.7 Å². The van der Waals surface area contributed by atoms with Crippen LogP contribution in [0.4, 0.5) is 16.6 Å². The number of aryl methyl sites for hydroxylation is 2. The minimum Gasteiger partial charge on any atom is -0.332 e. The van der Waals surface area contributed by atoms with E-state index >= 15 is 0 Å². The minimum absolute atomic E-state index is 0.123. The number of hydrogen-bond donors (Lipinski definition) is 2. The van der Waals surface area contributed by atoms with Crippen molar-refractivity contribution in [2.75, 3.05) is 10.6 Å². The van der Waals surface area contributed by atoms with Crippen LogP contribution < -0.4 is 10.6 Å². The molecule has 2 heterocycles. The zero-order valence-corrected chi connectivity index (χ0v) is 15.1. The van der Waals surface area contributed by atoms with Gasteiger partial charge in [0, 0.05) is 17.3 Å². The van der Waals surface area contributed by atoms with E-state index in [1.807, 2.05) is 36.6 Å². The highest BCUT2D eigenvalue weighted by atomic mass is 32.1. The van der Waals surface area contributed by atoms with Gasteiger partial charge in [0.1, 0.15) is 5.82 Å². The van der Waals surface area contributed by atoms with Crippen LogP contribution in [-0.4, -0.2) is 15.9 Å². The Morgan fingerprint density at radius 3 is 2.72 bits per heavy atom. The molecule has 0 aliphatic carbocycles. The lowest BCUT2D eigenvalue weighted by molar-refractivity contribution is -0.115.